The van der Waals surface area contributed by atoms with Crippen LogP contribution in [0.2, 0.25) is 0 Å². The summed E-state index contributed by atoms with van der Waals surface area (Å²) in [5.74, 6) is 0. The molecule has 0 unspecified atom stereocenters. The van der Waals surface area contributed by atoms with Crippen LogP contribution in [0.15, 0.2) is 188 Å². The van der Waals surface area contributed by atoms with E-state index in [4.69, 9.17) is 0 Å². The van der Waals surface area contributed by atoms with E-state index in [9.17, 15) is 0 Å². The van der Waals surface area contributed by atoms with Gasteiger partial charge in [-0.25, -0.2) is 0 Å². The van der Waals surface area contributed by atoms with Crippen molar-refractivity contribution in [2.45, 2.75) is 5.41 Å². The molecule has 0 radical (unpaired) electrons. The van der Waals surface area contributed by atoms with Gasteiger partial charge in [0.1, 0.15) is 0 Å². The molecule has 0 bridgehead atoms. The van der Waals surface area contributed by atoms with Crippen molar-refractivity contribution in [3.63, 3.8) is 0 Å². The van der Waals surface area contributed by atoms with Crippen molar-refractivity contribution in [2.24, 2.45) is 0 Å². The fourth-order valence-electron chi connectivity index (χ4n) is 7.03. The SMILES string of the molecule is c1ccc(-c2ccc(N(c3ccccc3)c3ccc4c(c3)-c3ccccc3C4(c3ccccc3)c3ccccc3)cc2)cc1. The van der Waals surface area contributed by atoms with E-state index in [1.165, 1.54) is 44.5 Å². The molecule has 0 amide bonds. The number of anilines is 3. The van der Waals surface area contributed by atoms with Crippen LogP contribution in [0.3, 0.4) is 0 Å². The zero-order valence-electron chi connectivity index (χ0n) is 24.3. The predicted molar refractivity (Wildman–Crippen MR) is 184 cm³/mol. The summed E-state index contributed by atoms with van der Waals surface area (Å²) in [6.45, 7) is 0. The van der Waals surface area contributed by atoms with Crippen LogP contribution in [0, 0.1) is 0 Å². The summed E-state index contributed by atoms with van der Waals surface area (Å²) in [4.78, 5) is 2.36. The zero-order chi connectivity index (χ0) is 29.3. The van der Waals surface area contributed by atoms with Crippen LogP contribution in [-0.4, -0.2) is 0 Å². The maximum absolute atomic E-state index is 2.39. The van der Waals surface area contributed by atoms with Crippen LogP contribution in [0.25, 0.3) is 22.3 Å². The van der Waals surface area contributed by atoms with Crippen molar-refractivity contribution in [1.29, 1.82) is 0 Å². The largest absolute Gasteiger partial charge is 0.310 e. The molecule has 0 fully saturated rings. The molecule has 0 heterocycles. The summed E-state index contributed by atoms with van der Waals surface area (Å²) in [5, 5.41) is 0. The molecule has 7 aromatic rings. The molecular formula is C43H31N. The van der Waals surface area contributed by atoms with Crippen LogP contribution >= 0.6 is 0 Å². The second kappa shape index (κ2) is 10.9. The standard InChI is InChI=1S/C43H31N/c1-5-15-32(16-6-1)33-25-27-37(28-26-33)44(36-21-11-4-12-22-36)38-29-30-42-40(31-38)39-23-13-14-24-41(39)43(42,34-17-7-2-8-18-34)35-19-9-3-10-20-35/h1-31H. The van der Waals surface area contributed by atoms with Crippen molar-refractivity contribution in [3.8, 4) is 22.3 Å². The van der Waals surface area contributed by atoms with Crippen LogP contribution in [0.4, 0.5) is 17.1 Å². The second-order valence-corrected chi connectivity index (χ2v) is 11.3. The van der Waals surface area contributed by atoms with Crippen molar-refractivity contribution < 1.29 is 0 Å². The maximum Gasteiger partial charge on any atom is 0.0713 e. The van der Waals surface area contributed by atoms with Gasteiger partial charge in [0.2, 0.25) is 0 Å². The summed E-state index contributed by atoms with van der Waals surface area (Å²) in [7, 11) is 0. The molecule has 44 heavy (non-hydrogen) atoms. The average molecular weight is 562 g/mol. The van der Waals surface area contributed by atoms with Gasteiger partial charge in [-0.1, -0.05) is 152 Å². The summed E-state index contributed by atoms with van der Waals surface area (Å²) in [6.07, 6.45) is 0. The number of para-hydroxylation sites is 1. The molecule has 0 aromatic heterocycles. The van der Waals surface area contributed by atoms with Crippen molar-refractivity contribution in [3.05, 3.63) is 210 Å². The smallest absolute Gasteiger partial charge is 0.0713 e. The summed E-state index contributed by atoms with van der Waals surface area (Å²) in [6, 6.07) is 68.1. The lowest BCUT2D eigenvalue weighted by atomic mass is 9.68. The van der Waals surface area contributed by atoms with E-state index in [0.717, 1.165) is 17.1 Å². The van der Waals surface area contributed by atoms with Crippen LogP contribution < -0.4 is 4.90 Å². The molecule has 1 heteroatoms. The Labute approximate surface area is 259 Å². The highest BCUT2D eigenvalue weighted by molar-refractivity contribution is 5.90. The molecule has 0 aliphatic heterocycles. The Balaban J connectivity index is 1.33. The van der Waals surface area contributed by atoms with E-state index < -0.39 is 5.41 Å². The maximum atomic E-state index is 2.39. The minimum Gasteiger partial charge on any atom is -0.310 e. The first-order chi connectivity index (χ1) is 21.8. The van der Waals surface area contributed by atoms with Gasteiger partial charge in [-0.3, -0.25) is 0 Å². The van der Waals surface area contributed by atoms with E-state index in [-0.39, 0.29) is 0 Å². The van der Waals surface area contributed by atoms with Gasteiger partial charge in [0, 0.05) is 17.1 Å². The first kappa shape index (κ1) is 26.0. The molecule has 1 aliphatic rings. The number of nitrogens with zero attached hydrogens (tertiary/aromatic N) is 1. The summed E-state index contributed by atoms with van der Waals surface area (Å²) < 4.78 is 0. The molecule has 0 saturated carbocycles. The lowest BCUT2D eigenvalue weighted by molar-refractivity contribution is 0.768. The number of hydrogen-bond acceptors (Lipinski definition) is 1. The Morgan fingerprint density at radius 1 is 0.318 bits per heavy atom. The molecule has 0 N–H and O–H groups in total. The third-order valence-corrected chi connectivity index (χ3v) is 8.95. The molecule has 8 rings (SSSR count). The van der Waals surface area contributed by atoms with Gasteiger partial charge >= 0.3 is 0 Å². The molecule has 0 spiro atoms. The highest BCUT2D eigenvalue weighted by atomic mass is 15.1. The number of fused-ring (bicyclic) bond motifs is 3. The predicted octanol–water partition coefficient (Wildman–Crippen LogP) is 11.2. The lowest BCUT2D eigenvalue weighted by Gasteiger charge is -2.34. The molecule has 1 nitrogen and oxygen atoms in total. The second-order valence-electron chi connectivity index (χ2n) is 11.3. The number of benzene rings is 7. The van der Waals surface area contributed by atoms with Crippen molar-refractivity contribution >= 4 is 17.1 Å². The molecule has 1 aliphatic carbocycles. The minimum atomic E-state index is -0.401. The van der Waals surface area contributed by atoms with Crippen molar-refractivity contribution in [2.75, 3.05) is 4.90 Å². The topological polar surface area (TPSA) is 3.24 Å². The van der Waals surface area contributed by atoms with Gasteiger partial charge in [0.15, 0.2) is 0 Å². The van der Waals surface area contributed by atoms with Crippen LogP contribution in [0.5, 0.6) is 0 Å². The molecule has 0 saturated heterocycles. The molecule has 7 aromatic carbocycles. The minimum absolute atomic E-state index is 0.401. The molecule has 0 atom stereocenters. The van der Waals surface area contributed by atoms with Gasteiger partial charge < -0.3 is 4.90 Å². The van der Waals surface area contributed by atoms with E-state index in [1.54, 1.807) is 0 Å². The van der Waals surface area contributed by atoms with E-state index >= 15 is 0 Å². The third kappa shape index (κ3) is 4.17. The highest BCUT2D eigenvalue weighted by Gasteiger charge is 2.46. The molecule has 208 valence electrons. The Morgan fingerprint density at radius 3 is 1.41 bits per heavy atom. The third-order valence-electron chi connectivity index (χ3n) is 8.95. The fraction of sp³-hybridized carbons (Fsp3) is 0.0233. The summed E-state index contributed by atoms with van der Waals surface area (Å²) in [5.41, 5.74) is 13.2. The first-order valence-electron chi connectivity index (χ1n) is 15.2. The van der Waals surface area contributed by atoms with Gasteiger partial charge in [-0.05, 0) is 80.9 Å². The number of hydrogen-bond donors (Lipinski definition) is 0. The number of rotatable bonds is 6. The normalized spacial score (nSPS) is 12.7. The lowest BCUT2D eigenvalue weighted by Crippen LogP contribution is -2.28. The quantitative estimate of drug-likeness (QED) is 0.195. The van der Waals surface area contributed by atoms with Gasteiger partial charge in [-0.15, -0.1) is 0 Å². The Hall–Kier alpha value is -5.66. The van der Waals surface area contributed by atoms with Gasteiger partial charge in [0.25, 0.3) is 0 Å². The van der Waals surface area contributed by atoms with E-state index in [1.807, 2.05) is 0 Å². The van der Waals surface area contributed by atoms with Crippen LogP contribution in [0.1, 0.15) is 22.3 Å². The van der Waals surface area contributed by atoms with E-state index in [0.29, 0.717) is 0 Å². The Bertz CT molecular complexity index is 1990. The monoisotopic (exact) mass is 561 g/mol. The average Bonchev–Trinajstić information content (AvgIpc) is 3.41. The summed E-state index contributed by atoms with van der Waals surface area (Å²) >= 11 is 0. The zero-order valence-corrected chi connectivity index (χ0v) is 24.3. The van der Waals surface area contributed by atoms with Gasteiger partial charge in [-0.2, -0.15) is 0 Å². The first-order valence-corrected chi connectivity index (χ1v) is 15.2. The highest BCUT2D eigenvalue weighted by Crippen LogP contribution is 2.57. The van der Waals surface area contributed by atoms with Gasteiger partial charge in [0.05, 0.1) is 5.41 Å². The molecular weight excluding hydrogens is 530 g/mol. The van der Waals surface area contributed by atoms with E-state index in [2.05, 4.69) is 193 Å². The Kier molecular flexibility index (Phi) is 6.43. The van der Waals surface area contributed by atoms with Crippen molar-refractivity contribution in [1.82, 2.24) is 0 Å². The van der Waals surface area contributed by atoms with Crippen LogP contribution in [-0.2, 0) is 5.41 Å². The fourth-order valence-corrected chi connectivity index (χ4v) is 7.03. The Morgan fingerprint density at radius 2 is 0.773 bits per heavy atom.